The van der Waals surface area contributed by atoms with Crippen molar-refractivity contribution in [2.45, 2.75) is 137 Å². The molecule has 0 fully saturated rings. The molecule has 0 aromatic heterocycles. The van der Waals surface area contributed by atoms with Crippen molar-refractivity contribution >= 4 is 8.32 Å². The molecule has 164 valence electrons. The molecule has 0 radical (unpaired) electrons. The minimum atomic E-state index is -4.27. The summed E-state index contributed by atoms with van der Waals surface area (Å²) in [6.07, 6.45) is 3.01. The fourth-order valence-corrected chi connectivity index (χ4v) is 23.7. The van der Waals surface area contributed by atoms with Crippen molar-refractivity contribution in [2.24, 2.45) is 0 Å². The molecule has 0 bridgehead atoms. The van der Waals surface area contributed by atoms with E-state index in [2.05, 4.69) is 83.1 Å². The molecule has 0 aromatic carbocycles. The van der Waals surface area contributed by atoms with Crippen LogP contribution in [0.5, 0.6) is 0 Å². The van der Waals surface area contributed by atoms with Gasteiger partial charge in [0, 0.05) is 0 Å². The van der Waals surface area contributed by atoms with Gasteiger partial charge in [-0.25, -0.2) is 0 Å². The molecule has 0 rings (SSSR count). The first-order valence-corrected chi connectivity index (χ1v) is 17.3. The van der Waals surface area contributed by atoms with Crippen LogP contribution < -0.4 is 0 Å². The van der Waals surface area contributed by atoms with Gasteiger partial charge in [0.1, 0.15) is 0 Å². The van der Waals surface area contributed by atoms with Crippen molar-refractivity contribution in [2.75, 3.05) is 0 Å². The van der Waals surface area contributed by atoms with E-state index in [1.807, 2.05) is 0 Å². The first kappa shape index (κ1) is 27.9. The van der Waals surface area contributed by atoms with Gasteiger partial charge in [-0.3, -0.25) is 0 Å². The van der Waals surface area contributed by atoms with E-state index >= 15 is 0 Å². The van der Waals surface area contributed by atoms with E-state index in [9.17, 15) is 0 Å². The van der Waals surface area contributed by atoms with Crippen LogP contribution >= 0.6 is 0 Å². The Labute approximate surface area is 178 Å². The molecule has 0 aliphatic carbocycles. The summed E-state index contributed by atoms with van der Waals surface area (Å²) in [5.74, 6) is 0. The first-order chi connectivity index (χ1) is 12.4. The quantitative estimate of drug-likeness (QED) is 0.241. The van der Waals surface area contributed by atoms with E-state index in [4.69, 9.17) is 10.9 Å². The van der Waals surface area contributed by atoms with Gasteiger partial charge in [-0.2, -0.15) is 0 Å². The Morgan fingerprint density at radius 2 is 0.815 bits per heavy atom. The first-order valence-electron chi connectivity index (χ1n) is 11.1. The van der Waals surface area contributed by atoms with Crippen LogP contribution in [-0.2, 0) is 33.0 Å². The van der Waals surface area contributed by atoms with E-state index in [0.717, 1.165) is 19.3 Å². The third-order valence-electron chi connectivity index (χ3n) is 5.77. The predicted molar refractivity (Wildman–Crippen MR) is 115 cm³/mol. The van der Waals surface area contributed by atoms with Crippen LogP contribution in [0.2, 0.25) is 16.6 Å². The SMILES string of the molecule is CCC(C)[O][Zr]([O]C(C)CC)([O]C(C)CC)[O][Si](C(C)C)(C(C)C)C(C)C. The maximum atomic E-state index is 7.21. The third-order valence-corrected chi connectivity index (χ3v) is 21.3. The van der Waals surface area contributed by atoms with Gasteiger partial charge in [0.15, 0.2) is 0 Å². The zero-order valence-corrected chi connectivity index (χ0v) is 23.7. The van der Waals surface area contributed by atoms with Crippen molar-refractivity contribution in [1.29, 1.82) is 0 Å². The Kier molecular flexibility index (Phi) is 13.0. The Morgan fingerprint density at radius 3 is 1.00 bits per heavy atom. The molecule has 0 saturated carbocycles. The summed E-state index contributed by atoms with van der Waals surface area (Å²) in [4.78, 5) is 0. The van der Waals surface area contributed by atoms with Crippen LogP contribution in [0.15, 0.2) is 0 Å². The summed E-state index contributed by atoms with van der Waals surface area (Å²) in [7, 11) is -2.18. The fraction of sp³-hybridized carbons (Fsp3) is 1.00. The van der Waals surface area contributed by atoms with Gasteiger partial charge in [-0.1, -0.05) is 0 Å². The van der Waals surface area contributed by atoms with Gasteiger partial charge >= 0.3 is 179 Å². The maximum absolute atomic E-state index is 7.21. The second-order valence-corrected chi connectivity index (χ2v) is 20.0. The standard InChI is InChI=1S/C9H21OSi.3C4H9O.Zr/c1-7(2)11(10,8(3)4)9(5)6;3*1-3-4(2)5;/h7-9H,1-6H3;3*4H,3H2,1-2H3;/q4*-1;+4. The van der Waals surface area contributed by atoms with Gasteiger partial charge in [-0.05, 0) is 0 Å². The van der Waals surface area contributed by atoms with Crippen molar-refractivity contribution in [3.8, 4) is 0 Å². The molecule has 0 saturated heterocycles. The summed E-state index contributed by atoms with van der Waals surface area (Å²) >= 11 is -4.27. The van der Waals surface area contributed by atoms with Gasteiger partial charge in [0.2, 0.25) is 0 Å². The monoisotopic (exact) mass is 482 g/mol. The van der Waals surface area contributed by atoms with Crippen LogP contribution in [0.3, 0.4) is 0 Å². The molecule has 4 nitrogen and oxygen atoms in total. The van der Waals surface area contributed by atoms with Crippen LogP contribution in [0, 0.1) is 0 Å². The molecule has 0 N–H and O–H groups in total. The third kappa shape index (κ3) is 7.94. The molecular weight excluding hydrogens is 436 g/mol. The fourth-order valence-electron chi connectivity index (χ4n) is 3.71. The van der Waals surface area contributed by atoms with Crippen molar-refractivity contribution in [3.63, 3.8) is 0 Å². The summed E-state index contributed by atoms with van der Waals surface area (Å²) in [6.45, 7) is 26.6. The Morgan fingerprint density at radius 1 is 0.556 bits per heavy atom. The van der Waals surface area contributed by atoms with Crippen molar-refractivity contribution < 1.29 is 33.0 Å². The molecule has 0 heterocycles. The minimum absolute atomic E-state index is 0.0760. The molecule has 3 atom stereocenters. The van der Waals surface area contributed by atoms with Crippen LogP contribution in [0.4, 0.5) is 0 Å². The average molecular weight is 484 g/mol. The van der Waals surface area contributed by atoms with Gasteiger partial charge in [0.25, 0.3) is 0 Å². The molecule has 0 aliphatic heterocycles. The zero-order chi connectivity index (χ0) is 21.4. The molecule has 0 aromatic rings. The second-order valence-electron chi connectivity index (χ2n) is 8.93. The van der Waals surface area contributed by atoms with Gasteiger partial charge in [0.05, 0.1) is 0 Å². The predicted octanol–water partition coefficient (Wildman–Crippen LogP) is 7.44. The van der Waals surface area contributed by atoms with E-state index in [1.165, 1.54) is 0 Å². The molecule has 0 aliphatic rings. The van der Waals surface area contributed by atoms with E-state index in [0.29, 0.717) is 16.6 Å². The molecular formula is C21H48O4SiZr. The molecule has 3 unspecified atom stereocenters. The summed E-state index contributed by atoms with van der Waals surface area (Å²) in [6, 6.07) is 0. The summed E-state index contributed by atoms with van der Waals surface area (Å²) in [5, 5.41) is 0. The van der Waals surface area contributed by atoms with Crippen LogP contribution in [0.25, 0.3) is 0 Å². The van der Waals surface area contributed by atoms with E-state index in [-0.39, 0.29) is 18.3 Å². The van der Waals surface area contributed by atoms with Crippen molar-refractivity contribution in [1.82, 2.24) is 0 Å². The average Bonchev–Trinajstić information content (AvgIpc) is 2.58. The Balaban J connectivity index is 6.27. The number of hydrogen-bond donors (Lipinski definition) is 0. The van der Waals surface area contributed by atoms with E-state index < -0.39 is 30.3 Å². The normalized spacial score (nSPS) is 18.8. The topological polar surface area (TPSA) is 36.9 Å². The Hall–Kier alpha value is 0.940. The van der Waals surface area contributed by atoms with Crippen LogP contribution in [-0.4, -0.2) is 26.6 Å². The summed E-state index contributed by atoms with van der Waals surface area (Å²) in [5.41, 5.74) is 1.40. The Bertz CT molecular complexity index is 351. The second kappa shape index (κ2) is 12.6. The molecule has 0 amide bonds. The van der Waals surface area contributed by atoms with Gasteiger partial charge in [-0.15, -0.1) is 0 Å². The summed E-state index contributed by atoms with van der Waals surface area (Å²) < 4.78 is 27.1. The van der Waals surface area contributed by atoms with Crippen LogP contribution in [0.1, 0.15) is 102 Å². The van der Waals surface area contributed by atoms with E-state index in [1.54, 1.807) is 0 Å². The number of hydrogen-bond acceptors (Lipinski definition) is 4. The molecule has 0 spiro atoms. The van der Waals surface area contributed by atoms with Gasteiger partial charge < -0.3 is 0 Å². The zero-order valence-electron chi connectivity index (χ0n) is 20.2. The molecule has 6 heteroatoms. The molecule has 27 heavy (non-hydrogen) atoms. The number of rotatable bonds is 14. The van der Waals surface area contributed by atoms with Crippen molar-refractivity contribution in [3.05, 3.63) is 0 Å².